The molecule has 0 heterocycles. The molecular weight excluding hydrogens is 697 g/mol. The van der Waals surface area contributed by atoms with Gasteiger partial charge in [0.25, 0.3) is 0 Å². The molecule has 1 atom stereocenters. The zero-order valence-electron chi connectivity index (χ0n) is 38.1. The van der Waals surface area contributed by atoms with Gasteiger partial charge in [0, 0.05) is 19.3 Å². The summed E-state index contributed by atoms with van der Waals surface area (Å²) in [5, 5.41) is 0. The number of rotatable bonds is 45. The highest BCUT2D eigenvalue weighted by molar-refractivity contribution is 5.71. The van der Waals surface area contributed by atoms with Crippen LogP contribution in [0.15, 0.2) is 0 Å². The Hall–Kier alpha value is -1.59. The van der Waals surface area contributed by atoms with Crippen molar-refractivity contribution >= 4 is 17.9 Å². The number of esters is 3. The van der Waals surface area contributed by atoms with Crippen LogP contribution in [-0.2, 0) is 28.6 Å². The summed E-state index contributed by atoms with van der Waals surface area (Å²) in [4.78, 5) is 37.8. The lowest BCUT2D eigenvalue weighted by Crippen LogP contribution is -2.30. The Bertz CT molecular complexity index is 841. The first-order valence-corrected chi connectivity index (χ1v) is 24.9. The van der Waals surface area contributed by atoms with Crippen molar-refractivity contribution in [2.45, 2.75) is 284 Å². The minimum Gasteiger partial charge on any atom is -0.462 e. The minimum atomic E-state index is -0.759. The maximum atomic E-state index is 12.7. The normalized spacial score (nSPS) is 11.9. The third kappa shape index (κ3) is 43.5. The predicted octanol–water partition coefficient (Wildman–Crippen LogP) is 15.9. The van der Waals surface area contributed by atoms with Gasteiger partial charge in [-0.1, -0.05) is 240 Å². The van der Waals surface area contributed by atoms with E-state index in [1.54, 1.807) is 0 Å². The Balaban J connectivity index is 4.22. The highest BCUT2D eigenvalue weighted by Gasteiger charge is 2.19. The molecule has 0 unspecified atom stereocenters. The van der Waals surface area contributed by atoms with E-state index in [1.807, 2.05) is 0 Å². The molecule has 0 N–H and O–H groups in total. The molecule has 0 saturated carbocycles. The lowest BCUT2D eigenvalue weighted by atomic mass is 10.0. The highest BCUT2D eigenvalue weighted by atomic mass is 16.6. The number of carbonyl (C=O) groups excluding carboxylic acids is 3. The van der Waals surface area contributed by atoms with Crippen LogP contribution >= 0.6 is 0 Å². The van der Waals surface area contributed by atoms with Gasteiger partial charge in [-0.15, -0.1) is 0 Å². The zero-order chi connectivity index (χ0) is 41.0. The fraction of sp³-hybridized carbons (Fsp3) is 0.940. The third-order valence-corrected chi connectivity index (χ3v) is 11.3. The van der Waals surface area contributed by atoms with Gasteiger partial charge in [-0.05, 0) is 25.2 Å². The van der Waals surface area contributed by atoms with Crippen LogP contribution in [0.2, 0.25) is 0 Å². The van der Waals surface area contributed by atoms with Crippen molar-refractivity contribution in [3.05, 3.63) is 0 Å². The molecule has 0 radical (unpaired) electrons. The van der Waals surface area contributed by atoms with Gasteiger partial charge in [-0.25, -0.2) is 0 Å². The van der Waals surface area contributed by atoms with E-state index in [0.717, 1.165) is 63.7 Å². The van der Waals surface area contributed by atoms with Gasteiger partial charge in [-0.2, -0.15) is 0 Å². The van der Waals surface area contributed by atoms with E-state index in [0.29, 0.717) is 19.3 Å². The zero-order valence-corrected chi connectivity index (χ0v) is 38.1. The van der Waals surface area contributed by atoms with E-state index in [-0.39, 0.29) is 31.1 Å². The largest absolute Gasteiger partial charge is 0.462 e. The summed E-state index contributed by atoms with van der Waals surface area (Å²) < 4.78 is 16.7. The van der Waals surface area contributed by atoms with Crippen LogP contribution in [0, 0.1) is 5.92 Å². The highest BCUT2D eigenvalue weighted by Crippen LogP contribution is 2.17. The molecule has 0 aromatic heterocycles. The molecular formula is C50H96O6. The summed E-state index contributed by atoms with van der Waals surface area (Å²) in [6.45, 7) is 9.01. The Labute approximate surface area is 348 Å². The van der Waals surface area contributed by atoms with Gasteiger partial charge in [0.15, 0.2) is 6.10 Å². The van der Waals surface area contributed by atoms with Crippen LogP contribution in [0.3, 0.4) is 0 Å². The summed E-state index contributed by atoms with van der Waals surface area (Å²) in [6.07, 6.45) is 45.2. The fourth-order valence-electron chi connectivity index (χ4n) is 7.51. The minimum absolute atomic E-state index is 0.0631. The van der Waals surface area contributed by atoms with E-state index in [4.69, 9.17) is 14.2 Å². The molecule has 6 nitrogen and oxygen atoms in total. The Kier molecular flexibility index (Phi) is 43.2. The Morgan fingerprint density at radius 1 is 0.339 bits per heavy atom. The molecule has 0 aliphatic carbocycles. The molecule has 0 rings (SSSR count). The molecule has 0 aromatic rings. The molecule has 0 aliphatic rings. The number of hydrogen-bond acceptors (Lipinski definition) is 6. The van der Waals surface area contributed by atoms with Crippen LogP contribution < -0.4 is 0 Å². The molecule has 56 heavy (non-hydrogen) atoms. The maximum absolute atomic E-state index is 12.7. The second kappa shape index (κ2) is 44.5. The van der Waals surface area contributed by atoms with Crippen LogP contribution in [0.1, 0.15) is 278 Å². The third-order valence-electron chi connectivity index (χ3n) is 11.3. The molecule has 0 bridgehead atoms. The van der Waals surface area contributed by atoms with E-state index < -0.39 is 6.10 Å². The number of carbonyl (C=O) groups is 3. The van der Waals surface area contributed by atoms with E-state index in [1.165, 1.54) is 173 Å². The first kappa shape index (κ1) is 54.4. The van der Waals surface area contributed by atoms with E-state index >= 15 is 0 Å². The number of ether oxygens (including phenoxy) is 3. The number of unbranched alkanes of at least 4 members (excludes halogenated alkanes) is 32. The quantitative estimate of drug-likeness (QED) is 0.0347. The summed E-state index contributed by atoms with van der Waals surface area (Å²) in [6, 6.07) is 0. The van der Waals surface area contributed by atoms with Gasteiger partial charge < -0.3 is 14.2 Å². The molecule has 0 saturated heterocycles. The van der Waals surface area contributed by atoms with E-state index in [2.05, 4.69) is 27.7 Å². The van der Waals surface area contributed by atoms with Crippen molar-refractivity contribution in [2.24, 2.45) is 5.92 Å². The van der Waals surface area contributed by atoms with Crippen molar-refractivity contribution in [2.75, 3.05) is 13.2 Å². The van der Waals surface area contributed by atoms with Crippen LogP contribution in [0.5, 0.6) is 0 Å². The molecule has 332 valence electrons. The second-order valence-electron chi connectivity index (χ2n) is 17.6. The van der Waals surface area contributed by atoms with Crippen molar-refractivity contribution < 1.29 is 28.6 Å². The van der Waals surface area contributed by atoms with Crippen molar-refractivity contribution in [1.82, 2.24) is 0 Å². The summed E-state index contributed by atoms with van der Waals surface area (Å²) in [5.41, 5.74) is 0. The van der Waals surface area contributed by atoms with Gasteiger partial charge in [0.05, 0.1) is 0 Å². The predicted molar refractivity (Wildman–Crippen MR) is 238 cm³/mol. The van der Waals surface area contributed by atoms with Gasteiger partial charge >= 0.3 is 17.9 Å². The lowest BCUT2D eigenvalue weighted by molar-refractivity contribution is -0.167. The Morgan fingerprint density at radius 2 is 0.589 bits per heavy atom. The van der Waals surface area contributed by atoms with Crippen molar-refractivity contribution in [3.8, 4) is 0 Å². The summed E-state index contributed by atoms with van der Waals surface area (Å²) >= 11 is 0. The number of hydrogen-bond donors (Lipinski definition) is 0. The average molecular weight is 793 g/mol. The van der Waals surface area contributed by atoms with E-state index in [9.17, 15) is 14.4 Å². The first-order valence-electron chi connectivity index (χ1n) is 24.9. The lowest BCUT2D eigenvalue weighted by Gasteiger charge is -2.18. The van der Waals surface area contributed by atoms with Crippen LogP contribution in [0.4, 0.5) is 0 Å². The van der Waals surface area contributed by atoms with Crippen molar-refractivity contribution in [1.29, 1.82) is 0 Å². The SMILES string of the molecule is CCCCCCCCCCCCCC(=O)O[C@@H](COC(=O)CCCCCCCCCCC)COC(=O)CCCCCCCCCCCCCCCCCC(C)C. The summed E-state index contributed by atoms with van der Waals surface area (Å²) in [7, 11) is 0. The standard InChI is InChI=1S/C50H96O6/c1-5-7-9-11-13-15-21-27-31-35-39-43-50(53)56-47(44-54-48(51)41-37-33-29-24-14-12-10-8-6-2)45-55-49(52)42-38-34-30-26-23-20-18-16-17-19-22-25-28-32-36-40-46(3)4/h46-47H,5-45H2,1-4H3/t47-/m0/s1. The topological polar surface area (TPSA) is 78.9 Å². The monoisotopic (exact) mass is 793 g/mol. The fourth-order valence-corrected chi connectivity index (χ4v) is 7.51. The maximum Gasteiger partial charge on any atom is 0.306 e. The summed E-state index contributed by atoms with van der Waals surface area (Å²) in [5.74, 6) is -0.00137. The second-order valence-corrected chi connectivity index (χ2v) is 17.6. The Morgan fingerprint density at radius 3 is 0.875 bits per heavy atom. The molecule has 6 heteroatoms. The van der Waals surface area contributed by atoms with Crippen LogP contribution in [-0.4, -0.2) is 37.2 Å². The molecule has 0 aliphatic heterocycles. The van der Waals surface area contributed by atoms with Crippen LogP contribution in [0.25, 0.3) is 0 Å². The average Bonchev–Trinajstić information content (AvgIpc) is 3.18. The smallest absolute Gasteiger partial charge is 0.306 e. The first-order chi connectivity index (χ1) is 27.4. The van der Waals surface area contributed by atoms with Crippen molar-refractivity contribution in [3.63, 3.8) is 0 Å². The molecule has 0 spiro atoms. The van der Waals surface area contributed by atoms with Gasteiger partial charge in [-0.3, -0.25) is 14.4 Å². The molecule has 0 fully saturated rings. The van der Waals surface area contributed by atoms with Gasteiger partial charge in [0.1, 0.15) is 13.2 Å². The van der Waals surface area contributed by atoms with Gasteiger partial charge in [0.2, 0.25) is 0 Å². The molecule has 0 aromatic carbocycles. The molecule has 0 amide bonds.